The molecule has 226 valence electrons. The topological polar surface area (TPSA) is 90.6 Å². The number of urea groups is 1. The molecule has 3 heterocycles. The van der Waals surface area contributed by atoms with Crippen LogP contribution < -0.4 is 20.5 Å². The fraction of sp³-hybridized carbons (Fsp3) is 0.400. The number of pyridine rings is 2. The van der Waals surface area contributed by atoms with Gasteiger partial charge in [-0.15, -0.1) is 0 Å². The zero-order chi connectivity index (χ0) is 30.5. The van der Waals surface area contributed by atoms with Gasteiger partial charge in [-0.1, -0.05) is 46.2 Å². The second-order valence-corrected chi connectivity index (χ2v) is 12.0. The van der Waals surface area contributed by atoms with E-state index in [0.29, 0.717) is 12.3 Å². The van der Waals surface area contributed by atoms with Gasteiger partial charge in [-0.05, 0) is 102 Å². The zero-order valence-electron chi connectivity index (χ0n) is 25.9. The number of fused-ring (bicyclic) bond motifs is 1. The van der Waals surface area contributed by atoms with E-state index in [0.717, 1.165) is 58.7 Å². The fourth-order valence-corrected chi connectivity index (χ4v) is 5.72. The van der Waals surface area contributed by atoms with Gasteiger partial charge >= 0.3 is 6.03 Å². The minimum absolute atomic E-state index is 0.150. The fourth-order valence-electron chi connectivity index (χ4n) is 5.72. The molecule has 2 aromatic heterocycles. The molecule has 8 nitrogen and oxygen atoms in total. The molecule has 5 rings (SSSR count). The van der Waals surface area contributed by atoms with Gasteiger partial charge in [-0.3, -0.25) is 14.6 Å². The lowest BCUT2D eigenvalue weighted by atomic mass is 9.88. The van der Waals surface area contributed by atoms with E-state index in [9.17, 15) is 9.59 Å². The van der Waals surface area contributed by atoms with Crippen molar-refractivity contribution in [3.05, 3.63) is 82.3 Å². The Balaban J connectivity index is 1.40. The van der Waals surface area contributed by atoms with E-state index in [4.69, 9.17) is 4.74 Å². The van der Waals surface area contributed by atoms with E-state index in [2.05, 4.69) is 72.1 Å². The van der Waals surface area contributed by atoms with Crippen LogP contribution in [0.2, 0.25) is 0 Å². The number of carbonyl (C=O) groups excluding carboxylic acids is 1. The second kappa shape index (κ2) is 13.4. The van der Waals surface area contributed by atoms with Crippen LogP contribution in [-0.2, 0) is 0 Å². The minimum atomic E-state index is -0.380. The van der Waals surface area contributed by atoms with Crippen molar-refractivity contribution >= 4 is 28.4 Å². The van der Waals surface area contributed by atoms with Crippen molar-refractivity contribution in [2.75, 3.05) is 43.5 Å². The Bertz CT molecular complexity index is 1610. The number of amides is 2. The molecular formula is C35H43N5O3. The third kappa shape index (κ3) is 7.08. The van der Waals surface area contributed by atoms with Gasteiger partial charge < -0.3 is 15.0 Å². The number of nitrogens with zero attached hydrogens (tertiary/aromatic N) is 3. The summed E-state index contributed by atoms with van der Waals surface area (Å²) < 4.78 is 6.17. The number of benzene rings is 2. The van der Waals surface area contributed by atoms with E-state index < -0.39 is 0 Å². The molecule has 0 spiro atoms. The smallest absolute Gasteiger partial charge is 0.326 e. The average molecular weight is 582 g/mol. The van der Waals surface area contributed by atoms with E-state index in [1.807, 2.05) is 18.2 Å². The molecule has 0 bridgehead atoms. The van der Waals surface area contributed by atoms with Gasteiger partial charge in [0.2, 0.25) is 0 Å². The van der Waals surface area contributed by atoms with E-state index in [1.54, 1.807) is 25.4 Å². The number of hydrogen-bond acceptors (Lipinski definition) is 5. The van der Waals surface area contributed by atoms with Gasteiger partial charge in [-0.25, -0.2) is 9.78 Å². The lowest BCUT2D eigenvalue weighted by Gasteiger charge is -2.26. The number of piperidine rings is 1. The summed E-state index contributed by atoms with van der Waals surface area (Å²) in [5, 5.41) is 3.91. The standard InChI is InChI=1S/C35H43N5O3/c1-23(2)29-20-27(25-11-9-13-28(19-25)43-18-17-40-15-7-6-8-16-40)21-30(24(3)4)32(29)37-35(42)39(5)31-22-26-12-10-14-36-33(26)38-34(31)41/h9-14,19-24H,6-8,15-18H2,1-5H3,(H,37,42)(H,36,38,41). The molecule has 0 atom stereocenters. The molecule has 2 aromatic carbocycles. The summed E-state index contributed by atoms with van der Waals surface area (Å²) in [5.41, 5.74) is 5.39. The van der Waals surface area contributed by atoms with Gasteiger partial charge in [0, 0.05) is 30.9 Å². The molecule has 0 saturated carbocycles. The van der Waals surface area contributed by atoms with Crippen molar-refractivity contribution in [1.29, 1.82) is 0 Å². The molecule has 2 amide bonds. The Hall–Kier alpha value is -4.17. The molecule has 1 aliphatic heterocycles. The van der Waals surface area contributed by atoms with Crippen molar-refractivity contribution in [3.63, 3.8) is 0 Å². The third-order valence-corrected chi connectivity index (χ3v) is 8.23. The average Bonchev–Trinajstić information content (AvgIpc) is 3.00. The van der Waals surface area contributed by atoms with Crippen LogP contribution in [-0.4, -0.2) is 54.2 Å². The number of likely N-dealkylation sites (tertiary alicyclic amines) is 1. The maximum absolute atomic E-state index is 13.6. The minimum Gasteiger partial charge on any atom is -0.492 e. The van der Waals surface area contributed by atoms with Gasteiger partial charge in [0.05, 0.1) is 0 Å². The van der Waals surface area contributed by atoms with E-state index in [1.165, 1.54) is 24.2 Å². The number of hydrogen-bond donors (Lipinski definition) is 2. The molecule has 1 saturated heterocycles. The molecule has 0 unspecified atom stereocenters. The molecule has 0 radical (unpaired) electrons. The predicted molar refractivity (Wildman–Crippen MR) is 176 cm³/mol. The summed E-state index contributed by atoms with van der Waals surface area (Å²) in [6, 6.07) is 17.6. The number of aromatic nitrogens is 2. The van der Waals surface area contributed by atoms with Crippen molar-refractivity contribution in [2.45, 2.75) is 58.8 Å². The van der Waals surface area contributed by atoms with Crippen LogP contribution in [0.15, 0.2) is 65.6 Å². The molecule has 43 heavy (non-hydrogen) atoms. The lowest BCUT2D eigenvalue weighted by Crippen LogP contribution is -2.35. The lowest BCUT2D eigenvalue weighted by molar-refractivity contribution is 0.183. The van der Waals surface area contributed by atoms with Gasteiger partial charge in [0.15, 0.2) is 0 Å². The normalized spacial score (nSPS) is 13.9. The monoisotopic (exact) mass is 581 g/mol. The Morgan fingerprint density at radius 2 is 1.70 bits per heavy atom. The Morgan fingerprint density at radius 1 is 0.977 bits per heavy atom. The van der Waals surface area contributed by atoms with Crippen LogP contribution in [0.25, 0.3) is 22.2 Å². The number of anilines is 2. The molecule has 2 N–H and O–H groups in total. The number of rotatable bonds is 9. The van der Waals surface area contributed by atoms with Crippen molar-refractivity contribution < 1.29 is 9.53 Å². The van der Waals surface area contributed by atoms with Crippen LogP contribution in [0, 0.1) is 0 Å². The highest BCUT2D eigenvalue weighted by atomic mass is 16.5. The first-order chi connectivity index (χ1) is 20.7. The van der Waals surface area contributed by atoms with Crippen LogP contribution in [0.1, 0.15) is 69.9 Å². The Morgan fingerprint density at radius 3 is 2.40 bits per heavy atom. The number of nitrogens with one attached hydrogen (secondary N) is 2. The molecule has 0 aliphatic carbocycles. The summed E-state index contributed by atoms with van der Waals surface area (Å²) in [5.74, 6) is 1.16. The van der Waals surface area contributed by atoms with Gasteiger partial charge in [-0.2, -0.15) is 0 Å². The largest absolute Gasteiger partial charge is 0.492 e. The summed E-state index contributed by atoms with van der Waals surface area (Å²) >= 11 is 0. The molecule has 1 fully saturated rings. The van der Waals surface area contributed by atoms with Crippen LogP contribution >= 0.6 is 0 Å². The van der Waals surface area contributed by atoms with Crippen LogP contribution in [0.3, 0.4) is 0 Å². The first-order valence-corrected chi connectivity index (χ1v) is 15.4. The molecule has 1 aliphatic rings. The summed E-state index contributed by atoms with van der Waals surface area (Å²) in [4.78, 5) is 37.2. The molecular weight excluding hydrogens is 538 g/mol. The van der Waals surface area contributed by atoms with Crippen LogP contribution in [0.4, 0.5) is 16.2 Å². The summed E-state index contributed by atoms with van der Waals surface area (Å²) in [7, 11) is 1.61. The van der Waals surface area contributed by atoms with Gasteiger partial charge in [0.1, 0.15) is 23.7 Å². The van der Waals surface area contributed by atoms with E-state index >= 15 is 0 Å². The van der Waals surface area contributed by atoms with E-state index in [-0.39, 0.29) is 29.1 Å². The Kier molecular flexibility index (Phi) is 9.46. The third-order valence-electron chi connectivity index (χ3n) is 8.23. The van der Waals surface area contributed by atoms with Crippen molar-refractivity contribution in [1.82, 2.24) is 14.9 Å². The first kappa shape index (κ1) is 30.3. The van der Waals surface area contributed by atoms with Gasteiger partial charge in [0.25, 0.3) is 5.56 Å². The second-order valence-electron chi connectivity index (χ2n) is 12.0. The predicted octanol–water partition coefficient (Wildman–Crippen LogP) is 7.37. The number of aromatic amines is 1. The highest BCUT2D eigenvalue weighted by molar-refractivity contribution is 6.03. The Labute approximate surface area is 254 Å². The highest BCUT2D eigenvalue weighted by Gasteiger charge is 2.22. The SMILES string of the molecule is CC(C)c1cc(-c2cccc(OCCN3CCCCC3)c2)cc(C(C)C)c1NC(=O)N(C)c1cc2cccnc2[nH]c1=O. The van der Waals surface area contributed by atoms with Crippen molar-refractivity contribution in [3.8, 4) is 16.9 Å². The maximum Gasteiger partial charge on any atom is 0.326 e. The summed E-state index contributed by atoms with van der Waals surface area (Å²) in [6.45, 7) is 12.5. The molecule has 4 aromatic rings. The quantitative estimate of drug-likeness (QED) is 0.215. The number of H-pyrrole nitrogens is 1. The molecule has 8 heteroatoms. The van der Waals surface area contributed by atoms with Crippen LogP contribution in [0.5, 0.6) is 5.75 Å². The highest BCUT2D eigenvalue weighted by Crippen LogP contribution is 2.38. The number of ether oxygens (including phenoxy) is 1. The number of carbonyl (C=O) groups is 1. The van der Waals surface area contributed by atoms with Crippen molar-refractivity contribution in [2.24, 2.45) is 0 Å². The maximum atomic E-state index is 13.6. The zero-order valence-corrected chi connectivity index (χ0v) is 25.9. The summed E-state index contributed by atoms with van der Waals surface area (Å²) in [6.07, 6.45) is 5.51. The first-order valence-electron chi connectivity index (χ1n) is 15.4.